The van der Waals surface area contributed by atoms with Crippen LogP contribution < -0.4 is 17.8 Å². The third kappa shape index (κ3) is 5.00. The molecule has 5 rings (SSSR count). The standard InChI is InChI=1S/C27H22O2S2Se2/c1-30(28)24-7-3-5-9-26(24)32-20-13-14-22-19(16-20)15-18-11-12-21(17-23(18)22)33-27-10-6-4-8-25(27)31(2)29/h3-14,16-17H,15H2,1-2H3. The summed E-state index contributed by atoms with van der Waals surface area (Å²) in [5, 5.41) is 0. The summed E-state index contributed by atoms with van der Waals surface area (Å²) < 4.78 is 29.3. The average molecular weight is 601 g/mol. The Labute approximate surface area is 213 Å². The molecule has 2 atom stereocenters. The Hall–Kier alpha value is -1.46. The maximum absolute atomic E-state index is 12.1. The number of hydrogen-bond donors (Lipinski definition) is 0. The zero-order valence-corrected chi connectivity index (χ0v) is 23.3. The topological polar surface area (TPSA) is 46.1 Å². The molecular weight excluding hydrogens is 578 g/mol. The van der Waals surface area contributed by atoms with E-state index in [-0.39, 0.29) is 29.9 Å². The number of rotatable bonds is 6. The Balaban J connectivity index is 1.42. The predicted octanol–water partition coefficient (Wildman–Crippen LogP) is 2.04. The molecule has 33 heavy (non-hydrogen) atoms. The fourth-order valence-electron chi connectivity index (χ4n) is 4.07. The Bertz CT molecular complexity index is 1320. The van der Waals surface area contributed by atoms with Crippen molar-refractivity contribution in [1.82, 2.24) is 0 Å². The van der Waals surface area contributed by atoms with Crippen molar-refractivity contribution in [2.75, 3.05) is 12.5 Å². The molecule has 1 aliphatic carbocycles. The second-order valence-electron chi connectivity index (χ2n) is 7.82. The van der Waals surface area contributed by atoms with Gasteiger partial charge in [-0.15, -0.1) is 0 Å². The molecule has 6 heteroatoms. The molecule has 166 valence electrons. The first-order valence-electron chi connectivity index (χ1n) is 10.5. The van der Waals surface area contributed by atoms with E-state index < -0.39 is 22.4 Å². The van der Waals surface area contributed by atoms with Gasteiger partial charge in [-0.1, -0.05) is 0 Å². The van der Waals surface area contributed by atoms with Crippen LogP contribution in [0.3, 0.4) is 0 Å². The van der Waals surface area contributed by atoms with Gasteiger partial charge in [0.1, 0.15) is 0 Å². The minimum atomic E-state index is -0.976. The van der Waals surface area contributed by atoms with Crippen LogP contribution in [0.1, 0.15) is 11.1 Å². The predicted molar refractivity (Wildman–Crippen MR) is 142 cm³/mol. The second-order valence-corrected chi connectivity index (χ2v) is 15.2. The van der Waals surface area contributed by atoms with Gasteiger partial charge < -0.3 is 0 Å². The van der Waals surface area contributed by atoms with Crippen molar-refractivity contribution in [3.8, 4) is 11.1 Å². The van der Waals surface area contributed by atoms with Crippen LogP contribution in [0.15, 0.2) is 94.7 Å². The van der Waals surface area contributed by atoms with Gasteiger partial charge in [0, 0.05) is 0 Å². The van der Waals surface area contributed by atoms with Crippen molar-refractivity contribution < 1.29 is 9.11 Å². The Morgan fingerprint density at radius 3 is 1.76 bits per heavy atom. The van der Waals surface area contributed by atoms with Crippen molar-refractivity contribution in [1.29, 1.82) is 0 Å². The van der Waals surface area contributed by atoms with E-state index in [1.165, 1.54) is 40.1 Å². The van der Waals surface area contributed by atoms with E-state index in [0.717, 1.165) is 16.2 Å². The summed E-state index contributed by atoms with van der Waals surface area (Å²) in [6.45, 7) is 0. The number of fused-ring (bicyclic) bond motifs is 3. The zero-order chi connectivity index (χ0) is 22.9. The van der Waals surface area contributed by atoms with Gasteiger partial charge in [-0.3, -0.25) is 0 Å². The van der Waals surface area contributed by atoms with Gasteiger partial charge in [-0.05, 0) is 0 Å². The van der Waals surface area contributed by atoms with E-state index >= 15 is 0 Å². The zero-order valence-electron chi connectivity index (χ0n) is 18.2. The number of hydrogen-bond acceptors (Lipinski definition) is 2. The van der Waals surface area contributed by atoms with E-state index in [2.05, 4.69) is 48.5 Å². The summed E-state index contributed by atoms with van der Waals surface area (Å²) >= 11 is -1.71. The third-order valence-electron chi connectivity index (χ3n) is 5.60. The van der Waals surface area contributed by atoms with E-state index in [0.29, 0.717) is 0 Å². The van der Waals surface area contributed by atoms with Crippen molar-refractivity contribution in [2.45, 2.75) is 16.2 Å². The van der Waals surface area contributed by atoms with Crippen LogP contribution in [0.25, 0.3) is 11.1 Å². The van der Waals surface area contributed by atoms with Gasteiger partial charge in [0.15, 0.2) is 0 Å². The average Bonchev–Trinajstić information content (AvgIpc) is 3.16. The van der Waals surface area contributed by atoms with Gasteiger partial charge in [0.2, 0.25) is 0 Å². The fourth-order valence-corrected chi connectivity index (χ4v) is 11.0. The van der Waals surface area contributed by atoms with Gasteiger partial charge in [-0.25, -0.2) is 0 Å². The Kier molecular flexibility index (Phi) is 7.08. The third-order valence-corrected chi connectivity index (χ3v) is 12.6. The first-order valence-corrected chi connectivity index (χ1v) is 17.0. The monoisotopic (exact) mass is 602 g/mol. The van der Waals surface area contributed by atoms with E-state index in [4.69, 9.17) is 0 Å². The van der Waals surface area contributed by atoms with Crippen LogP contribution in [-0.4, -0.2) is 51.5 Å². The van der Waals surface area contributed by atoms with Crippen LogP contribution >= 0.6 is 0 Å². The summed E-state index contributed by atoms with van der Waals surface area (Å²) in [5.74, 6) is 0. The summed E-state index contributed by atoms with van der Waals surface area (Å²) in [4.78, 5) is 1.89. The van der Waals surface area contributed by atoms with Gasteiger partial charge in [0.05, 0.1) is 0 Å². The molecule has 0 amide bonds. The minimum absolute atomic E-state index is 0.114. The van der Waals surface area contributed by atoms with Crippen molar-refractivity contribution >= 4 is 70.1 Å². The molecule has 0 spiro atoms. The molecular formula is C27H22O2S2Se2. The molecule has 0 aromatic heterocycles. The molecule has 2 unspecified atom stereocenters. The number of benzene rings is 4. The molecule has 0 saturated heterocycles. The van der Waals surface area contributed by atoms with Gasteiger partial charge >= 0.3 is 215 Å². The molecule has 0 bridgehead atoms. The molecule has 0 radical (unpaired) electrons. The van der Waals surface area contributed by atoms with Crippen LogP contribution in [0.5, 0.6) is 0 Å². The second kappa shape index (κ2) is 10.0. The summed E-state index contributed by atoms with van der Waals surface area (Å²) in [6.07, 6.45) is 4.46. The SMILES string of the molecule is C[S+]([O-])c1ccccc1[Se]c1ccc2c(c1)Cc1ccc([Se]c3ccccc3[S+](C)[O-])cc1-2. The van der Waals surface area contributed by atoms with Gasteiger partial charge in [0.25, 0.3) is 0 Å². The summed E-state index contributed by atoms with van der Waals surface area (Å²) in [7, 11) is 0. The molecule has 1 aliphatic rings. The molecule has 4 aromatic carbocycles. The Morgan fingerprint density at radius 1 is 0.606 bits per heavy atom. The molecule has 0 heterocycles. The normalized spacial score (nSPS) is 13.9. The first-order chi connectivity index (χ1) is 16.0. The molecule has 0 fully saturated rings. The van der Waals surface area contributed by atoms with Crippen LogP contribution in [0.4, 0.5) is 0 Å². The van der Waals surface area contributed by atoms with E-state index in [9.17, 15) is 9.11 Å². The van der Waals surface area contributed by atoms with Crippen molar-refractivity contribution in [2.24, 2.45) is 0 Å². The molecule has 0 aliphatic heterocycles. The maximum atomic E-state index is 12.1. The van der Waals surface area contributed by atoms with Crippen LogP contribution in [-0.2, 0) is 28.8 Å². The molecule has 2 nitrogen and oxygen atoms in total. The quantitative estimate of drug-likeness (QED) is 0.222. The molecule has 4 aromatic rings. The van der Waals surface area contributed by atoms with Gasteiger partial charge in [-0.2, -0.15) is 0 Å². The molecule has 0 saturated carbocycles. The van der Waals surface area contributed by atoms with E-state index in [1.807, 2.05) is 36.4 Å². The summed E-state index contributed by atoms with van der Waals surface area (Å²) in [5.41, 5.74) is 5.39. The first kappa shape index (κ1) is 23.3. The Morgan fingerprint density at radius 2 is 1.15 bits per heavy atom. The van der Waals surface area contributed by atoms with Crippen LogP contribution in [0.2, 0.25) is 0 Å². The van der Waals surface area contributed by atoms with Crippen molar-refractivity contribution in [3.63, 3.8) is 0 Å². The fraction of sp³-hybridized carbons (Fsp3) is 0.111. The summed E-state index contributed by atoms with van der Waals surface area (Å²) in [6, 6.07) is 29.8. The van der Waals surface area contributed by atoms with E-state index in [1.54, 1.807) is 12.5 Å². The van der Waals surface area contributed by atoms with Crippen LogP contribution in [0, 0.1) is 0 Å². The molecule has 0 N–H and O–H groups in total. The van der Waals surface area contributed by atoms with Crippen molar-refractivity contribution in [3.05, 3.63) is 96.1 Å².